The highest BCUT2D eigenvalue weighted by molar-refractivity contribution is 5.96. The molecule has 0 aliphatic carbocycles. The maximum Gasteiger partial charge on any atom is 0.340 e. The zero-order valence-corrected chi connectivity index (χ0v) is 11.7. The van der Waals surface area contributed by atoms with E-state index in [9.17, 15) is 14.3 Å². The smallest absolute Gasteiger partial charge is 0.340 e. The molecule has 112 valence electrons. The summed E-state index contributed by atoms with van der Waals surface area (Å²) in [5.74, 6) is -1.23. The molecule has 0 aromatic heterocycles. The summed E-state index contributed by atoms with van der Waals surface area (Å²) in [6.07, 6.45) is -0.775. The standard InChI is InChI=1S/C13H19FN2O4/c1-16(6-8(17)7-19-2)12-4-9(13(18)20-3)11(15)5-10(12)14/h4-5,8,17H,6-7,15H2,1-3H3. The molecular weight excluding hydrogens is 267 g/mol. The van der Waals surface area contributed by atoms with Gasteiger partial charge in [-0.1, -0.05) is 0 Å². The van der Waals surface area contributed by atoms with Crippen LogP contribution in [0.15, 0.2) is 12.1 Å². The molecule has 20 heavy (non-hydrogen) atoms. The SMILES string of the molecule is COCC(O)CN(C)c1cc(C(=O)OC)c(N)cc1F. The van der Waals surface area contributed by atoms with Gasteiger partial charge in [-0.15, -0.1) is 0 Å². The first-order valence-electron chi connectivity index (χ1n) is 5.96. The van der Waals surface area contributed by atoms with Crippen LogP contribution in [0.1, 0.15) is 10.4 Å². The minimum Gasteiger partial charge on any atom is -0.465 e. The van der Waals surface area contributed by atoms with Crippen molar-refractivity contribution in [1.29, 1.82) is 0 Å². The Balaban J connectivity index is 3.02. The minimum absolute atomic E-state index is 0.00365. The van der Waals surface area contributed by atoms with Crippen LogP contribution in [0.4, 0.5) is 15.8 Å². The van der Waals surface area contributed by atoms with Crippen molar-refractivity contribution in [1.82, 2.24) is 0 Å². The van der Waals surface area contributed by atoms with Crippen LogP contribution in [-0.4, -0.2) is 51.6 Å². The molecule has 1 unspecified atom stereocenters. The minimum atomic E-state index is -0.775. The number of hydrogen-bond donors (Lipinski definition) is 2. The number of nitrogens with zero attached hydrogens (tertiary/aromatic N) is 1. The number of aliphatic hydroxyl groups is 1. The van der Waals surface area contributed by atoms with Gasteiger partial charge in [0.25, 0.3) is 0 Å². The quantitative estimate of drug-likeness (QED) is 0.589. The zero-order chi connectivity index (χ0) is 15.3. The van der Waals surface area contributed by atoms with Gasteiger partial charge in [-0.2, -0.15) is 0 Å². The second-order valence-electron chi connectivity index (χ2n) is 4.37. The molecule has 0 bridgehead atoms. The number of nitrogen functional groups attached to an aromatic ring is 1. The summed E-state index contributed by atoms with van der Waals surface area (Å²) in [6.45, 7) is 0.278. The van der Waals surface area contributed by atoms with Crippen LogP contribution >= 0.6 is 0 Å². The van der Waals surface area contributed by atoms with E-state index in [1.807, 2.05) is 0 Å². The molecule has 6 nitrogen and oxygen atoms in total. The Bertz CT molecular complexity index is 482. The van der Waals surface area contributed by atoms with Crippen molar-refractivity contribution in [2.24, 2.45) is 0 Å². The van der Waals surface area contributed by atoms with Crippen molar-refractivity contribution in [3.8, 4) is 0 Å². The lowest BCUT2D eigenvalue weighted by Crippen LogP contribution is -2.32. The molecule has 7 heteroatoms. The van der Waals surface area contributed by atoms with Crippen LogP contribution in [0.25, 0.3) is 0 Å². The van der Waals surface area contributed by atoms with Gasteiger partial charge in [-0.3, -0.25) is 0 Å². The first-order valence-corrected chi connectivity index (χ1v) is 5.96. The molecule has 0 spiro atoms. The van der Waals surface area contributed by atoms with Gasteiger partial charge in [0, 0.05) is 26.4 Å². The Morgan fingerprint density at radius 2 is 2.15 bits per heavy atom. The van der Waals surface area contributed by atoms with Crippen LogP contribution < -0.4 is 10.6 Å². The summed E-state index contributed by atoms with van der Waals surface area (Å²) in [7, 11) is 4.27. The fourth-order valence-corrected chi connectivity index (χ4v) is 1.82. The van der Waals surface area contributed by atoms with Crippen molar-refractivity contribution in [2.45, 2.75) is 6.10 Å². The van der Waals surface area contributed by atoms with Crippen molar-refractivity contribution in [2.75, 3.05) is 45.1 Å². The second-order valence-corrected chi connectivity index (χ2v) is 4.37. The topological polar surface area (TPSA) is 85.0 Å². The third kappa shape index (κ3) is 3.82. The Labute approximate surface area is 116 Å². The molecule has 0 saturated heterocycles. The largest absolute Gasteiger partial charge is 0.465 e. The highest BCUT2D eigenvalue weighted by atomic mass is 19.1. The number of esters is 1. The molecule has 0 fully saturated rings. The van der Waals surface area contributed by atoms with E-state index in [-0.39, 0.29) is 30.1 Å². The number of carbonyl (C=O) groups is 1. The summed E-state index contributed by atoms with van der Waals surface area (Å²) in [5, 5.41) is 9.65. The molecular formula is C13H19FN2O4. The lowest BCUT2D eigenvalue weighted by molar-refractivity contribution is 0.0602. The monoisotopic (exact) mass is 286 g/mol. The zero-order valence-electron chi connectivity index (χ0n) is 11.7. The molecule has 1 atom stereocenters. The molecule has 0 aliphatic rings. The first kappa shape index (κ1) is 16.2. The highest BCUT2D eigenvalue weighted by Crippen LogP contribution is 2.25. The van der Waals surface area contributed by atoms with Crippen LogP contribution in [0.2, 0.25) is 0 Å². The summed E-state index contributed by atoms with van der Waals surface area (Å²) in [5.41, 5.74) is 5.82. The van der Waals surface area contributed by atoms with Crippen molar-refractivity contribution >= 4 is 17.3 Å². The fraction of sp³-hybridized carbons (Fsp3) is 0.462. The molecule has 1 aromatic rings. The number of ether oxygens (including phenoxy) is 2. The van der Waals surface area contributed by atoms with Gasteiger partial charge in [0.1, 0.15) is 5.82 Å². The number of carbonyl (C=O) groups excluding carboxylic acids is 1. The second kappa shape index (κ2) is 7.06. The van der Waals surface area contributed by atoms with Crippen LogP contribution in [-0.2, 0) is 9.47 Å². The lowest BCUT2D eigenvalue weighted by Gasteiger charge is -2.23. The van der Waals surface area contributed by atoms with Crippen LogP contribution in [0.5, 0.6) is 0 Å². The maximum absolute atomic E-state index is 13.9. The number of nitrogens with two attached hydrogens (primary N) is 1. The summed E-state index contributed by atoms with van der Waals surface area (Å²) < 4.78 is 23.3. The first-order chi connectivity index (χ1) is 9.40. The number of halogens is 1. The number of aliphatic hydroxyl groups excluding tert-OH is 1. The van der Waals surface area contributed by atoms with Gasteiger partial charge in [-0.05, 0) is 12.1 Å². The normalized spacial score (nSPS) is 12.1. The van der Waals surface area contributed by atoms with Crippen molar-refractivity contribution in [3.63, 3.8) is 0 Å². The van der Waals surface area contributed by atoms with Crippen LogP contribution in [0, 0.1) is 5.82 Å². The molecule has 0 amide bonds. The predicted molar refractivity (Wildman–Crippen MR) is 73.3 cm³/mol. The van der Waals surface area contributed by atoms with E-state index in [1.165, 1.54) is 25.2 Å². The summed E-state index contributed by atoms with van der Waals surface area (Å²) in [6, 6.07) is 2.36. The maximum atomic E-state index is 13.9. The molecule has 0 saturated carbocycles. The lowest BCUT2D eigenvalue weighted by atomic mass is 10.1. The Morgan fingerprint density at radius 1 is 1.50 bits per heavy atom. The van der Waals surface area contributed by atoms with Crippen molar-refractivity contribution < 1.29 is 23.8 Å². The van der Waals surface area contributed by atoms with E-state index < -0.39 is 17.9 Å². The van der Waals surface area contributed by atoms with Gasteiger partial charge in [0.15, 0.2) is 0 Å². The number of rotatable bonds is 6. The molecule has 0 radical (unpaired) electrons. The average molecular weight is 286 g/mol. The van der Waals surface area contributed by atoms with Gasteiger partial charge >= 0.3 is 5.97 Å². The Kier molecular flexibility index (Phi) is 5.72. The predicted octanol–water partition coefficient (Wildman–Crippen LogP) is 0.638. The van der Waals surface area contributed by atoms with E-state index in [0.29, 0.717) is 0 Å². The van der Waals surface area contributed by atoms with E-state index >= 15 is 0 Å². The third-order valence-corrected chi connectivity index (χ3v) is 2.78. The van der Waals surface area contributed by atoms with Gasteiger partial charge in [0.05, 0.1) is 31.1 Å². The number of benzene rings is 1. The Morgan fingerprint density at radius 3 is 2.70 bits per heavy atom. The number of methoxy groups -OCH3 is 2. The van der Waals surface area contributed by atoms with E-state index in [1.54, 1.807) is 7.05 Å². The van der Waals surface area contributed by atoms with Gasteiger partial charge < -0.3 is 25.2 Å². The van der Waals surface area contributed by atoms with Gasteiger partial charge in [-0.25, -0.2) is 9.18 Å². The fourth-order valence-electron chi connectivity index (χ4n) is 1.82. The van der Waals surface area contributed by atoms with E-state index in [0.717, 1.165) is 6.07 Å². The highest BCUT2D eigenvalue weighted by Gasteiger charge is 2.18. The number of likely N-dealkylation sites (N-methyl/N-ethyl adjacent to an activating group) is 1. The third-order valence-electron chi connectivity index (χ3n) is 2.78. The van der Waals surface area contributed by atoms with Crippen molar-refractivity contribution in [3.05, 3.63) is 23.5 Å². The van der Waals surface area contributed by atoms with E-state index in [2.05, 4.69) is 4.74 Å². The number of anilines is 2. The average Bonchev–Trinajstić information content (AvgIpc) is 2.38. The van der Waals surface area contributed by atoms with E-state index in [4.69, 9.17) is 10.5 Å². The number of hydrogen-bond acceptors (Lipinski definition) is 6. The summed E-state index contributed by atoms with van der Waals surface area (Å²) in [4.78, 5) is 13.0. The Hall–Kier alpha value is -1.86. The molecule has 0 aliphatic heterocycles. The van der Waals surface area contributed by atoms with Crippen LogP contribution in [0.3, 0.4) is 0 Å². The molecule has 1 rings (SSSR count). The van der Waals surface area contributed by atoms with Gasteiger partial charge in [0.2, 0.25) is 0 Å². The molecule has 0 heterocycles. The summed E-state index contributed by atoms with van der Waals surface area (Å²) >= 11 is 0. The molecule has 3 N–H and O–H groups in total. The molecule has 1 aromatic carbocycles.